The van der Waals surface area contributed by atoms with E-state index in [9.17, 15) is 13.2 Å². The van der Waals surface area contributed by atoms with Crippen molar-refractivity contribution >= 4 is 49.3 Å². The minimum Gasteiger partial charge on any atom is -0.312 e. The lowest BCUT2D eigenvalue weighted by Gasteiger charge is -2.23. The SMILES string of the molecule is FC(F)(F)c1ccc(-c2cc(-n3c4c(c5ccccc53)C=CC=CC4)c3ccc4c(-c5ccccc5)cc(-c5ccccc5)c5ccc2c3c54)cc1. The van der Waals surface area contributed by atoms with Gasteiger partial charge in [-0.2, -0.15) is 13.2 Å². The van der Waals surface area contributed by atoms with E-state index in [1.807, 2.05) is 12.1 Å². The van der Waals surface area contributed by atoms with Gasteiger partial charge in [-0.25, -0.2) is 0 Å². The molecule has 0 saturated carbocycles. The summed E-state index contributed by atoms with van der Waals surface area (Å²) in [4.78, 5) is 0. The Bertz CT molecular complexity index is 2820. The minimum absolute atomic E-state index is 0.658. The molecule has 0 aliphatic heterocycles. The lowest BCUT2D eigenvalue weighted by molar-refractivity contribution is -0.137. The number of hydrogen-bond acceptors (Lipinski definition) is 0. The number of fused-ring (bicyclic) bond motifs is 3. The number of nitrogens with zero attached hydrogens (tertiary/aromatic N) is 1. The van der Waals surface area contributed by atoms with Crippen LogP contribution >= 0.6 is 0 Å². The fourth-order valence-electron chi connectivity index (χ4n) is 8.34. The molecule has 8 aromatic carbocycles. The van der Waals surface area contributed by atoms with Crippen LogP contribution in [-0.2, 0) is 12.6 Å². The Balaban J connectivity index is 1.39. The van der Waals surface area contributed by atoms with Crippen LogP contribution in [0.5, 0.6) is 0 Å². The van der Waals surface area contributed by atoms with Crippen LogP contribution in [0.2, 0.25) is 0 Å². The first-order valence-electron chi connectivity index (χ1n) is 17.5. The summed E-state index contributed by atoms with van der Waals surface area (Å²) in [6.45, 7) is 0. The molecule has 0 amide bonds. The van der Waals surface area contributed by atoms with Crippen molar-refractivity contribution in [3.63, 3.8) is 0 Å². The van der Waals surface area contributed by atoms with Gasteiger partial charge in [0.25, 0.3) is 0 Å². The molecule has 1 aliphatic carbocycles. The van der Waals surface area contributed by atoms with E-state index in [0.29, 0.717) is 0 Å². The van der Waals surface area contributed by atoms with Crippen molar-refractivity contribution in [1.29, 1.82) is 0 Å². The molecule has 0 unspecified atom stereocenters. The Morgan fingerprint density at radius 1 is 0.481 bits per heavy atom. The van der Waals surface area contributed by atoms with Gasteiger partial charge in [0.2, 0.25) is 0 Å². The third-order valence-electron chi connectivity index (χ3n) is 10.6. The van der Waals surface area contributed by atoms with Crippen molar-refractivity contribution in [2.45, 2.75) is 12.6 Å². The van der Waals surface area contributed by atoms with E-state index in [4.69, 9.17) is 0 Å². The minimum atomic E-state index is -4.42. The van der Waals surface area contributed by atoms with Gasteiger partial charge in [-0.05, 0) is 85.3 Å². The van der Waals surface area contributed by atoms with Crippen molar-refractivity contribution < 1.29 is 13.2 Å². The number of benzene rings is 8. The molecule has 0 atom stereocenters. The van der Waals surface area contributed by atoms with Gasteiger partial charge < -0.3 is 4.57 Å². The zero-order valence-corrected chi connectivity index (χ0v) is 28.0. The molecule has 10 rings (SSSR count). The molecule has 0 bridgehead atoms. The number of rotatable bonds is 4. The second-order valence-electron chi connectivity index (χ2n) is 13.5. The van der Waals surface area contributed by atoms with Crippen LogP contribution < -0.4 is 0 Å². The average molecular weight is 678 g/mol. The number of halogens is 3. The second kappa shape index (κ2) is 11.6. The number of alkyl halides is 3. The molecule has 1 heterocycles. The van der Waals surface area contributed by atoms with Crippen LogP contribution in [0.25, 0.3) is 88.4 Å². The van der Waals surface area contributed by atoms with Crippen LogP contribution in [0.4, 0.5) is 13.2 Å². The van der Waals surface area contributed by atoms with Gasteiger partial charge in [0, 0.05) is 33.8 Å². The summed E-state index contributed by atoms with van der Waals surface area (Å²) in [7, 11) is 0. The number of hydrogen-bond donors (Lipinski definition) is 0. The van der Waals surface area contributed by atoms with E-state index in [2.05, 4.69) is 138 Å². The molecule has 9 aromatic rings. The topological polar surface area (TPSA) is 4.93 Å². The van der Waals surface area contributed by atoms with Crippen molar-refractivity contribution in [3.05, 3.63) is 181 Å². The molecule has 0 N–H and O–H groups in total. The van der Waals surface area contributed by atoms with E-state index in [1.165, 1.54) is 23.4 Å². The third-order valence-corrected chi connectivity index (χ3v) is 10.6. The maximum atomic E-state index is 13.8. The largest absolute Gasteiger partial charge is 0.416 e. The van der Waals surface area contributed by atoms with Crippen molar-refractivity contribution in [3.8, 4) is 39.1 Å². The molecule has 1 nitrogen and oxygen atoms in total. The summed E-state index contributed by atoms with van der Waals surface area (Å²) in [5.41, 5.74) is 9.95. The first-order chi connectivity index (χ1) is 25.5. The normalized spacial score (nSPS) is 13.1. The van der Waals surface area contributed by atoms with Gasteiger partial charge in [0.1, 0.15) is 0 Å². The van der Waals surface area contributed by atoms with Gasteiger partial charge in [0.15, 0.2) is 0 Å². The molecule has 1 aliphatic rings. The zero-order chi connectivity index (χ0) is 35.0. The Morgan fingerprint density at radius 2 is 1.02 bits per heavy atom. The Kier molecular flexibility index (Phi) is 6.78. The van der Waals surface area contributed by atoms with Crippen molar-refractivity contribution in [2.75, 3.05) is 0 Å². The van der Waals surface area contributed by atoms with Gasteiger partial charge >= 0.3 is 6.18 Å². The molecule has 52 heavy (non-hydrogen) atoms. The highest BCUT2D eigenvalue weighted by molar-refractivity contribution is 6.31. The highest BCUT2D eigenvalue weighted by Crippen LogP contribution is 2.48. The van der Waals surface area contributed by atoms with E-state index in [0.717, 1.165) is 88.7 Å². The molecule has 0 radical (unpaired) electrons. The Morgan fingerprint density at radius 3 is 1.65 bits per heavy atom. The monoisotopic (exact) mass is 677 g/mol. The summed E-state index contributed by atoms with van der Waals surface area (Å²) in [5.74, 6) is 0. The van der Waals surface area contributed by atoms with E-state index in [-0.39, 0.29) is 0 Å². The van der Waals surface area contributed by atoms with Gasteiger partial charge in [-0.15, -0.1) is 0 Å². The smallest absolute Gasteiger partial charge is 0.312 e. The molecule has 0 saturated heterocycles. The van der Waals surface area contributed by atoms with Crippen LogP contribution in [-0.4, -0.2) is 4.57 Å². The molecule has 4 heteroatoms. The molecule has 0 spiro atoms. The maximum absolute atomic E-state index is 13.8. The highest BCUT2D eigenvalue weighted by atomic mass is 19.4. The maximum Gasteiger partial charge on any atom is 0.416 e. The molecule has 248 valence electrons. The van der Waals surface area contributed by atoms with Gasteiger partial charge in [-0.3, -0.25) is 0 Å². The van der Waals surface area contributed by atoms with Crippen LogP contribution in [0, 0.1) is 0 Å². The van der Waals surface area contributed by atoms with Crippen LogP contribution in [0.15, 0.2) is 164 Å². The molecular weight excluding hydrogens is 648 g/mol. The molecule has 1 aromatic heterocycles. The first kappa shape index (κ1) is 30.4. The number of allylic oxidation sites excluding steroid dienone is 3. The molecule has 0 fully saturated rings. The summed E-state index contributed by atoms with van der Waals surface area (Å²) >= 11 is 0. The van der Waals surface area contributed by atoms with Gasteiger partial charge in [-0.1, -0.05) is 140 Å². The lowest BCUT2D eigenvalue weighted by Crippen LogP contribution is -2.04. The highest BCUT2D eigenvalue weighted by Gasteiger charge is 2.30. The third kappa shape index (κ3) is 4.64. The Labute approximate surface area is 298 Å². The van der Waals surface area contributed by atoms with Crippen molar-refractivity contribution in [1.82, 2.24) is 4.57 Å². The zero-order valence-electron chi connectivity index (χ0n) is 28.0. The predicted octanol–water partition coefficient (Wildman–Crippen LogP) is 13.7. The predicted molar refractivity (Wildman–Crippen MR) is 210 cm³/mol. The lowest BCUT2D eigenvalue weighted by atomic mass is 9.83. The second-order valence-corrected chi connectivity index (χ2v) is 13.5. The Hall–Kier alpha value is -6.39. The summed E-state index contributed by atoms with van der Waals surface area (Å²) in [6, 6.07) is 48.4. The number of aromatic nitrogens is 1. The van der Waals surface area contributed by atoms with Crippen molar-refractivity contribution in [2.24, 2.45) is 0 Å². The molecular formula is C48H30F3N. The summed E-state index contributed by atoms with van der Waals surface area (Å²) in [5, 5.41) is 7.78. The summed E-state index contributed by atoms with van der Waals surface area (Å²) in [6.07, 6.45) is 4.87. The fourth-order valence-corrected chi connectivity index (χ4v) is 8.34. The van der Waals surface area contributed by atoms with E-state index >= 15 is 0 Å². The van der Waals surface area contributed by atoms with E-state index in [1.54, 1.807) is 12.1 Å². The van der Waals surface area contributed by atoms with E-state index < -0.39 is 11.7 Å². The van der Waals surface area contributed by atoms with Crippen LogP contribution in [0.3, 0.4) is 0 Å². The standard InChI is InChI=1S/C48H30F3N/c49-48(50,51)33-22-20-32(21-23-33)42-29-45(52-43-18-9-3-8-16-34(43)35-17-10-11-19-44(35)52)39-27-26-37-41(31-14-6-2-7-15-31)28-40(30-12-4-1-5-13-30)36-24-25-38(42)47(39)46(36)37/h1-17,19-29H,18H2. The fraction of sp³-hybridized carbons (Fsp3) is 0.0417. The van der Waals surface area contributed by atoms with Gasteiger partial charge in [0.05, 0.1) is 16.8 Å². The number of para-hydroxylation sites is 1. The summed E-state index contributed by atoms with van der Waals surface area (Å²) < 4.78 is 43.7. The van der Waals surface area contributed by atoms with Crippen LogP contribution in [0.1, 0.15) is 16.8 Å². The average Bonchev–Trinajstić information content (AvgIpc) is 3.30. The quantitative estimate of drug-likeness (QED) is 0.163. The first-order valence-corrected chi connectivity index (χ1v) is 17.5.